The van der Waals surface area contributed by atoms with Crippen molar-refractivity contribution >= 4 is 34.5 Å². The van der Waals surface area contributed by atoms with Crippen LogP contribution in [0, 0.1) is 5.41 Å². The fraction of sp³-hybridized carbons (Fsp3) is 0.375. The fourth-order valence-electron chi connectivity index (χ4n) is 4.11. The number of carbonyl (C=O) groups is 2. The van der Waals surface area contributed by atoms with E-state index in [4.69, 9.17) is 14.9 Å². The average molecular weight is 502 g/mol. The largest absolute Gasteiger partial charge is 0.493 e. The summed E-state index contributed by atoms with van der Waals surface area (Å²) in [5, 5.41) is 11.2. The Balaban J connectivity index is 0.00000289. The molecule has 1 amide bonds. The number of fused-ring (bicyclic) bond motifs is 2. The van der Waals surface area contributed by atoms with Gasteiger partial charge in [-0.2, -0.15) is 0 Å². The van der Waals surface area contributed by atoms with E-state index in [0.29, 0.717) is 42.2 Å². The molecule has 0 saturated carbocycles. The summed E-state index contributed by atoms with van der Waals surface area (Å²) in [6.45, 7) is 7.60. The molecule has 170 valence electrons. The summed E-state index contributed by atoms with van der Waals surface area (Å²) in [7, 11) is 1.56. The molecule has 0 aliphatic carbocycles. The second kappa shape index (κ2) is 8.94. The lowest BCUT2D eigenvalue weighted by atomic mass is 9.86. The summed E-state index contributed by atoms with van der Waals surface area (Å²) in [6.07, 6.45) is 0. The highest BCUT2D eigenvalue weighted by molar-refractivity contribution is 8.93. The zero-order valence-electron chi connectivity index (χ0n) is 18.7. The van der Waals surface area contributed by atoms with Crippen LogP contribution in [-0.4, -0.2) is 49.2 Å². The van der Waals surface area contributed by atoms with Gasteiger partial charge in [-0.15, -0.1) is 17.0 Å². The van der Waals surface area contributed by atoms with Crippen molar-refractivity contribution in [2.24, 2.45) is 0 Å². The zero-order valence-corrected chi connectivity index (χ0v) is 20.4. The second-order valence-electron chi connectivity index (χ2n) is 8.53. The van der Waals surface area contributed by atoms with E-state index in [2.05, 4.69) is 19.2 Å². The zero-order chi connectivity index (χ0) is 22.3. The van der Waals surface area contributed by atoms with E-state index in [0.717, 1.165) is 16.9 Å². The molecule has 0 bridgehead atoms. The first-order valence-electron chi connectivity index (χ1n) is 10.4. The second-order valence-corrected chi connectivity index (χ2v) is 8.53. The molecule has 2 heterocycles. The molecule has 7 nitrogen and oxygen atoms in total. The molecular formula is C24H28BrN3O4. The van der Waals surface area contributed by atoms with Crippen molar-refractivity contribution in [1.29, 1.82) is 5.41 Å². The third-order valence-electron chi connectivity index (χ3n) is 5.86. The van der Waals surface area contributed by atoms with Crippen LogP contribution >= 0.6 is 17.0 Å². The van der Waals surface area contributed by atoms with Crippen LogP contribution in [0.1, 0.15) is 58.2 Å². The Morgan fingerprint density at radius 3 is 2.69 bits per heavy atom. The number of ketones is 1. The molecule has 0 fully saturated rings. The first-order valence-corrected chi connectivity index (χ1v) is 10.4. The average Bonchev–Trinajstić information content (AvgIpc) is 3.22. The number of nitrogens with zero attached hydrogens (tertiary/aromatic N) is 1. The molecule has 2 N–H and O–H groups in total. The van der Waals surface area contributed by atoms with Crippen molar-refractivity contribution < 1.29 is 19.1 Å². The summed E-state index contributed by atoms with van der Waals surface area (Å²) < 4.78 is 11.4. The fourth-order valence-corrected chi connectivity index (χ4v) is 4.11. The molecule has 0 spiro atoms. The third kappa shape index (κ3) is 4.11. The van der Waals surface area contributed by atoms with Gasteiger partial charge in [0.1, 0.15) is 17.3 Å². The van der Waals surface area contributed by atoms with Crippen molar-refractivity contribution in [3.63, 3.8) is 0 Å². The number of rotatable bonds is 6. The third-order valence-corrected chi connectivity index (χ3v) is 5.86. The number of amides is 1. The van der Waals surface area contributed by atoms with Gasteiger partial charge >= 0.3 is 0 Å². The maximum atomic E-state index is 13.0. The molecule has 32 heavy (non-hydrogen) atoms. The van der Waals surface area contributed by atoms with E-state index < -0.39 is 0 Å². The van der Waals surface area contributed by atoms with Crippen LogP contribution in [0.15, 0.2) is 30.3 Å². The monoisotopic (exact) mass is 501 g/mol. The quantitative estimate of drug-likeness (QED) is 0.588. The van der Waals surface area contributed by atoms with Gasteiger partial charge in [0.2, 0.25) is 0 Å². The van der Waals surface area contributed by atoms with Crippen LogP contribution < -0.4 is 14.8 Å². The highest BCUT2D eigenvalue weighted by Gasteiger charge is 2.33. The predicted molar refractivity (Wildman–Crippen MR) is 128 cm³/mol. The number of carbonyl (C=O) groups excluding carboxylic acids is 2. The van der Waals surface area contributed by atoms with Crippen LogP contribution in [-0.2, 0) is 12.0 Å². The van der Waals surface area contributed by atoms with Gasteiger partial charge in [-0.3, -0.25) is 15.0 Å². The molecule has 4 rings (SSSR count). The van der Waals surface area contributed by atoms with Crippen molar-refractivity contribution in [3.05, 3.63) is 58.1 Å². The van der Waals surface area contributed by atoms with E-state index in [9.17, 15) is 9.59 Å². The van der Waals surface area contributed by atoms with Gasteiger partial charge in [-0.1, -0.05) is 13.8 Å². The van der Waals surface area contributed by atoms with Crippen LogP contribution in [0.5, 0.6) is 11.5 Å². The summed E-state index contributed by atoms with van der Waals surface area (Å²) in [4.78, 5) is 27.0. The van der Waals surface area contributed by atoms with Crippen LogP contribution in [0.4, 0.5) is 0 Å². The summed E-state index contributed by atoms with van der Waals surface area (Å²) >= 11 is 0. The molecule has 0 saturated heterocycles. The van der Waals surface area contributed by atoms with Crippen LogP contribution in [0.25, 0.3) is 0 Å². The smallest absolute Gasteiger partial charge is 0.254 e. The topological polar surface area (TPSA) is 91.7 Å². The van der Waals surface area contributed by atoms with Crippen molar-refractivity contribution in [3.8, 4) is 11.5 Å². The maximum Gasteiger partial charge on any atom is 0.254 e. The molecule has 8 heteroatoms. The number of Topliss-reactive ketones (excluding diaryl/α,β-unsaturated/α-hetero) is 1. The summed E-state index contributed by atoms with van der Waals surface area (Å²) in [5.41, 5.74) is 3.43. The lowest BCUT2D eigenvalue weighted by Gasteiger charge is -2.18. The van der Waals surface area contributed by atoms with Crippen LogP contribution in [0.3, 0.4) is 0 Å². The van der Waals surface area contributed by atoms with Crippen molar-refractivity contribution in [2.45, 2.75) is 32.7 Å². The van der Waals surface area contributed by atoms with E-state index in [1.165, 1.54) is 0 Å². The van der Waals surface area contributed by atoms with Gasteiger partial charge in [0.25, 0.3) is 5.91 Å². The molecular weight excluding hydrogens is 474 g/mol. The van der Waals surface area contributed by atoms with Gasteiger partial charge in [0, 0.05) is 35.7 Å². The standard InChI is InChI=1S/C24H27N3O4.BrH/c1-5-30-21-9-15-11-27(22(25)16(15)10-17(21)23(29)26-4)12-19(28)14-6-7-20-18(8-14)24(2,3)13-31-20;/h6-10,25H,5,11-13H2,1-4H3,(H,26,29);1H. The predicted octanol–water partition coefficient (Wildman–Crippen LogP) is 3.72. The Morgan fingerprint density at radius 1 is 1.25 bits per heavy atom. The molecule has 0 unspecified atom stereocenters. The first kappa shape index (κ1) is 23.8. The molecule has 2 aromatic rings. The number of amidine groups is 1. The van der Waals surface area contributed by atoms with Gasteiger partial charge in [-0.25, -0.2) is 0 Å². The SMILES string of the molecule is Br.CCOc1cc2c(cc1C(=O)NC)C(=N)N(CC(=O)c1ccc3c(c1)C(C)(C)CO3)C2. The minimum absolute atomic E-state index is 0. The summed E-state index contributed by atoms with van der Waals surface area (Å²) in [5.74, 6) is 1.23. The van der Waals surface area contributed by atoms with E-state index in [-0.39, 0.29) is 46.5 Å². The Morgan fingerprint density at radius 2 is 2.00 bits per heavy atom. The minimum Gasteiger partial charge on any atom is -0.493 e. The van der Waals surface area contributed by atoms with Gasteiger partial charge in [0.15, 0.2) is 5.78 Å². The van der Waals surface area contributed by atoms with Gasteiger partial charge in [0.05, 0.1) is 25.3 Å². The highest BCUT2D eigenvalue weighted by Crippen LogP contribution is 2.39. The Kier molecular flexibility index (Phi) is 6.64. The first-order chi connectivity index (χ1) is 14.7. The molecule has 0 atom stereocenters. The van der Waals surface area contributed by atoms with Gasteiger partial charge in [-0.05, 0) is 42.8 Å². The summed E-state index contributed by atoms with van der Waals surface area (Å²) in [6, 6.07) is 9.03. The lowest BCUT2D eigenvalue weighted by Crippen LogP contribution is -2.30. The maximum absolute atomic E-state index is 13.0. The normalized spacial score (nSPS) is 15.4. The molecule has 0 aromatic heterocycles. The number of ether oxygens (including phenoxy) is 2. The lowest BCUT2D eigenvalue weighted by molar-refractivity contribution is 0.0953. The van der Waals surface area contributed by atoms with E-state index in [1.54, 1.807) is 30.1 Å². The molecule has 2 aliphatic heterocycles. The van der Waals surface area contributed by atoms with Crippen LogP contribution in [0.2, 0.25) is 0 Å². The molecule has 0 radical (unpaired) electrons. The number of nitrogens with one attached hydrogen (secondary N) is 2. The number of benzene rings is 2. The van der Waals surface area contributed by atoms with Gasteiger partial charge < -0.3 is 19.7 Å². The Labute approximate surface area is 198 Å². The van der Waals surface area contributed by atoms with Crippen molar-refractivity contribution in [2.75, 3.05) is 26.8 Å². The number of hydrogen-bond donors (Lipinski definition) is 2. The highest BCUT2D eigenvalue weighted by atomic mass is 79.9. The number of halogens is 1. The molecule has 2 aliphatic rings. The Hall–Kier alpha value is -2.87. The molecule has 2 aromatic carbocycles. The Bertz CT molecular complexity index is 1100. The number of hydrogen-bond acceptors (Lipinski definition) is 5. The minimum atomic E-state index is -0.267. The van der Waals surface area contributed by atoms with E-state index in [1.807, 2.05) is 19.1 Å². The van der Waals surface area contributed by atoms with Crippen molar-refractivity contribution in [1.82, 2.24) is 10.2 Å². The van der Waals surface area contributed by atoms with E-state index >= 15 is 0 Å².